The van der Waals surface area contributed by atoms with Crippen LogP contribution in [-0.4, -0.2) is 61.8 Å². The maximum Gasteiger partial charge on any atom is 0.278 e. The molecule has 1 saturated heterocycles. The molecule has 1 N–H and O–H groups in total. The lowest BCUT2D eigenvalue weighted by molar-refractivity contribution is 0.224. The van der Waals surface area contributed by atoms with E-state index in [4.69, 9.17) is 4.78 Å². The number of nitrogens with zero attached hydrogens (tertiary/aromatic N) is 5. The number of para-hydroxylation sites is 1. The molecule has 11 heteroatoms. The molecule has 2 aromatic rings. The van der Waals surface area contributed by atoms with E-state index in [1.807, 2.05) is 34.6 Å². The number of hydrogen-bond acceptors (Lipinski definition) is 5. The number of rotatable bonds is 7. The van der Waals surface area contributed by atoms with Crippen molar-refractivity contribution in [2.45, 2.75) is 19.4 Å². The third-order valence-corrected chi connectivity index (χ3v) is 8.73. The van der Waals surface area contributed by atoms with E-state index in [0.717, 1.165) is 5.69 Å². The maximum atomic E-state index is 13.4. The Hall–Kier alpha value is -2.50. The molecule has 0 aliphatic carbocycles. The number of hydrogen-bond donors (Lipinski definition) is 1. The van der Waals surface area contributed by atoms with Gasteiger partial charge in [-0.05, 0) is 24.3 Å². The lowest BCUT2D eigenvalue weighted by atomic mass is 10.1. The summed E-state index contributed by atoms with van der Waals surface area (Å²) in [6.07, 6.45) is -1.01. The third-order valence-electron chi connectivity index (χ3n) is 5.28. The van der Waals surface area contributed by atoms with Crippen LogP contribution in [0.15, 0.2) is 58.9 Å². The highest BCUT2D eigenvalue weighted by Gasteiger charge is 2.26. The van der Waals surface area contributed by atoms with E-state index in [1.165, 1.54) is 0 Å². The van der Waals surface area contributed by atoms with Crippen molar-refractivity contribution < 1.29 is 13.0 Å². The van der Waals surface area contributed by atoms with Crippen LogP contribution in [0.5, 0.6) is 0 Å². The van der Waals surface area contributed by atoms with Crippen molar-refractivity contribution in [2.75, 3.05) is 28.9 Å². The highest BCUT2D eigenvalue weighted by atomic mass is 32.2. The van der Waals surface area contributed by atoms with Gasteiger partial charge in [0.15, 0.2) is 11.2 Å². The summed E-state index contributed by atoms with van der Waals surface area (Å²) in [5.74, 6) is 5.27. The molecule has 1 unspecified atom stereocenters. The highest BCUT2D eigenvalue weighted by molar-refractivity contribution is 8.01. The zero-order valence-corrected chi connectivity index (χ0v) is 19.0. The first-order valence-electron chi connectivity index (χ1n) is 10.0. The van der Waals surface area contributed by atoms with Gasteiger partial charge in [-0.15, -0.1) is 9.41 Å². The van der Waals surface area contributed by atoms with Gasteiger partial charge in [0.2, 0.25) is 0 Å². The van der Waals surface area contributed by atoms with E-state index in [0.29, 0.717) is 48.1 Å². The van der Waals surface area contributed by atoms with E-state index >= 15 is 0 Å². The number of anilines is 1. The summed E-state index contributed by atoms with van der Waals surface area (Å²) in [5.41, 5.74) is 2.36. The van der Waals surface area contributed by atoms with Gasteiger partial charge in [0, 0.05) is 42.8 Å². The molecule has 32 heavy (non-hydrogen) atoms. The van der Waals surface area contributed by atoms with Crippen LogP contribution >= 0.6 is 0 Å². The largest absolute Gasteiger partial charge is 0.287 e. The Morgan fingerprint density at radius 3 is 2.47 bits per heavy atom. The number of alkyl halides is 2. The summed E-state index contributed by atoms with van der Waals surface area (Å²) in [5, 5.41) is 7.39. The number of pyridine rings is 1. The summed E-state index contributed by atoms with van der Waals surface area (Å²) < 4.78 is 50.9. The van der Waals surface area contributed by atoms with Crippen molar-refractivity contribution in [2.24, 2.45) is 10.2 Å². The standard InChI is InChI=1S/C21H24F2N6OS2/c1-32(24)11-9-28(10-12-32)31(30)29(18-5-3-2-4-6-18)15-17-8-7-16(14-25-17)19-13-20(21(22)23)27-26-19/h2-8,14,21,24H,1,9-13,15H2. The first kappa shape index (κ1) is 22.7. The topological polar surface area (TPSA) is 85.0 Å². The molecule has 0 amide bonds. The molecule has 0 spiro atoms. The summed E-state index contributed by atoms with van der Waals surface area (Å²) in [4.78, 5) is 4.46. The monoisotopic (exact) mass is 478 g/mol. The molecule has 0 bridgehead atoms. The van der Waals surface area contributed by atoms with E-state index < -0.39 is 27.0 Å². The Kier molecular flexibility index (Phi) is 6.77. The molecule has 1 fully saturated rings. The molecular weight excluding hydrogens is 454 g/mol. The van der Waals surface area contributed by atoms with Crippen LogP contribution in [0, 0.1) is 4.78 Å². The first-order valence-corrected chi connectivity index (χ1v) is 13.3. The second kappa shape index (κ2) is 9.55. The zero-order valence-electron chi connectivity index (χ0n) is 17.4. The molecule has 3 heterocycles. The van der Waals surface area contributed by atoms with Crippen LogP contribution in [0.4, 0.5) is 14.5 Å². The van der Waals surface area contributed by atoms with E-state index in [-0.39, 0.29) is 12.1 Å². The molecule has 170 valence electrons. The average Bonchev–Trinajstić information content (AvgIpc) is 3.29. The molecule has 7 nitrogen and oxygen atoms in total. The first-order chi connectivity index (χ1) is 15.3. The molecule has 0 saturated carbocycles. The predicted octanol–water partition coefficient (Wildman–Crippen LogP) is 3.14. The second-order valence-corrected chi connectivity index (χ2v) is 12.0. The maximum absolute atomic E-state index is 13.4. The van der Waals surface area contributed by atoms with Crippen molar-refractivity contribution in [1.29, 1.82) is 4.78 Å². The van der Waals surface area contributed by atoms with Crippen LogP contribution in [0.1, 0.15) is 17.7 Å². The van der Waals surface area contributed by atoms with Crippen molar-refractivity contribution in [1.82, 2.24) is 9.29 Å². The van der Waals surface area contributed by atoms with Crippen molar-refractivity contribution >= 4 is 43.6 Å². The summed E-state index contributed by atoms with van der Waals surface area (Å²) in [7, 11) is -1.60. The van der Waals surface area contributed by atoms with E-state index in [1.54, 1.807) is 22.6 Å². The van der Waals surface area contributed by atoms with Gasteiger partial charge in [0.1, 0.15) is 5.71 Å². The molecule has 2 aliphatic heterocycles. The fourth-order valence-corrected chi connectivity index (χ4v) is 6.27. The molecule has 1 aromatic heterocycles. The zero-order chi connectivity index (χ0) is 22.7. The number of nitrogens with one attached hydrogen (secondary N) is 1. The lowest BCUT2D eigenvalue weighted by Gasteiger charge is -2.34. The smallest absolute Gasteiger partial charge is 0.278 e. The van der Waals surface area contributed by atoms with Gasteiger partial charge in [-0.1, -0.05) is 24.1 Å². The van der Waals surface area contributed by atoms with Gasteiger partial charge < -0.3 is 0 Å². The lowest BCUT2D eigenvalue weighted by Crippen LogP contribution is -2.46. The normalized spacial score (nSPS) is 19.5. The van der Waals surface area contributed by atoms with Crippen LogP contribution in [0.2, 0.25) is 0 Å². The summed E-state index contributed by atoms with van der Waals surface area (Å²) in [6, 6.07) is 13.0. The van der Waals surface area contributed by atoms with E-state index in [9.17, 15) is 13.0 Å². The Morgan fingerprint density at radius 1 is 1.16 bits per heavy atom. The molecule has 2 aliphatic rings. The van der Waals surface area contributed by atoms with Gasteiger partial charge in [-0.3, -0.25) is 14.1 Å². The third kappa shape index (κ3) is 5.28. The number of aromatic nitrogens is 1. The molecule has 4 rings (SSSR count). The summed E-state index contributed by atoms with van der Waals surface area (Å²) >= 11 is -1.44. The summed E-state index contributed by atoms with van der Waals surface area (Å²) in [6.45, 7) is 1.44. The predicted molar refractivity (Wildman–Crippen MR) is 128 cm³/mol. The SMILES string of the molecule is C=S1(=N)CCN(S(=O)N(Cc2ccc(C3=NN=C(C(F)F)C3)cn2)c2ccccc2)CC1. The van der Waals surface area contributed by atoms with Gasteiger partial charge >= 0.3 is 0 Å². The number of benzene rings is 1. The van der Waals surface area contributed by atoms with Crippen molar-refractivity contribution in [3.05, 3.63) is 59.9 Å². The van der Waals surface area contributed by atoms with Gasteiger partial charge in [-0.2, -0.15) is 10.2 Å². The fraction of sp³-hybridized carbons (Fsp3) is 0.333. The molecule has 0 radical (unpaired) electrons. The Labute approximate surface area is 189 Å². The van der Waals surface area contributed by atoms with Crippen LogP contribution < -0.4 is 4.31 Å². The van der Waals surface area contributed by atoms with Gasteiger partial charge in [0.25, 0.3) is 6.43 Å². The minimum atomic E-state index is -2.61. The van der Waals surface area contributed by atoms with Gasteiger partial charge in [0.05, 0.1) is 23.6 Å². The molecule has 1 atom stereocenters. The van der Waals surface area contributed by atoms with Crippen LogP contribution in [0.3, 0.4) is 0 Å². The van der Waals surface area contributed by atoms with Crippen molar-refractivity contribution in [3.63, 3.8) is 0 Å². The van der Waals surface area contributed by atoms with Crippen LogP contribution in [0.25, 0.3) is 0 Å². The van der Waals surface area contributed by atoms with Crippen LogP contribution in [-0.2, 0) is 27.1 Å². The average molecular weight is 479 g/mol. The second-order valence-electron chi connectivity index (χ2n) is 7.64. The van der Waals surface area contributed by atoms with E-state index in [2.05, 4.69) is 21.1 Å². The Morgan fingerprint density at radius 2 is 1.88 bits per heavy atom. The quantitative estimate of drug-likeness (QED) is 0.620. The van der Waals surface area contributed by atoms with Gasteiger partial charge in [-0.25, -0.2) is 17.3 Å². The Balaban J connectivity index is 1.50. The minimum Gasteiger partial charge on any atom is -0.287 e. The minimum absolute atomic E-state index is 0.0135. The molecule has 1 aromatic carbocycles. The molecular formula is C21H24F2N6OS2. The Bertz CT molecular complexity index is 1140. The number of halogens is 2. The highest BCUT2D eigenvalue weighted by Crippen LogP contribution is 2.22. The fourth-order valence-electron chi connectivity index (χ4n) is 3.38. The van der Waals surface area contributed by atoms with Crippen molar-refractivity contribution in [3.8, 4) is 0 Å².